The van der Waals surface area contributed by atoms with E-state index in [0.29, 0.717) is 18.9 Å². The normalized spacial score (nSPS) is 23.2. The standard InChI is InChI=1S/C19H27N3O2/c23-18(22-13-11-15-6-4-5-7-16(15)14-22)10-12-20-19(24)21-17-8-2-1-3-9-17/h1-3,8-9,15-16H,4-7,10-14H2,(H2,20,21,24)/t15-,16-/m0/s1. The van der Waals surface area contributed by atoms with Crippen LogP contribution in [0.4, 0.5) is 10.5 Å². The Kier molecular flexibility index (Phi) is 5.72. The van der Waals surface area contributed by atoms with Crippen LogP contribution in [0.15, 0.2) is 30.3 Å². The number of piperidine rings is 1. The monoisotopic (exact) mass is 329 g/mol. The fraction of sp³-hybridized carbons (Fsp3) is 0.579. The Morgan fingerprint density at radius 1 is 1.04 bits per heavy atom. The smallest absolute Gasteiger partial charge is 0.319 e. The zero-order valence-electron chi connectivity index (χ0n) is 14.2. The van der Waals surface area contributed by atoms with Crippen molar-refractivity contribution in [1.29, 1.82) is 0 Å². The van der Waals surface area contributed by atoms with Crippen LogP contribution in [0.5, 0.6) is 0 Å². The Morgan fingerprint density at radius 2 is 1.79 bits per heavy atom. The molecule has 2 atom stereocenters. The van der Waals surface area contributed by atoms with Crippen LogP contribution in [0.3, 0.4) is 0 Å². The van der Waals surface area contributed by atoms with Crippen molar-refractivity contribution in [1.82, 2.24) is 10.2 Å². The molecule has 2 fully saturated rings. The Balaban J connectivity index is 1.37. The summed E-state index contributed by atoms with van der Waals surface area (Å²) in [6.45, 7) is 2.18. The third-order valence-corrected chi connectivity index (χ3v) is 5.30. The van der Waals surface area contributed by atoms with E-state index in [1.807, 2.05) is 35.2 Å². The lowest BCUT2D eigenvalue weighted by Crippen LogP contribution is -2.45. The Bertz CT molecular complexity index is 561. The van der Waals surface area contributed by atoms with Gasteiger partial charge in [0.15, 0.2) is 0 Å². The molecule has 3 amide bonds. The third kappa shape index (κ3) is 4.49. The van der Waals surface area contributed by atoms with Crippen molar-refractivity contribution >= 4 is 17.6 Å². The molecule has 0 unspecified atom stereocenters. The number of nitrogens with one attached hydrogen (secondary N) is 2. The molecular weight excluding hydrogens is 302 g/mol. The number of urea groups is 1. The third-order valence-electron chi connectivity index (χ3n) is 5.30. The van der Waals surface area contributed by atoms with Gasteiger partial charge in [0.1, 0.15) is 0 Å². The van der Waals surface area contributed by atoms with E-state index in [9.17, 15) is 9.59 Å². The SMILES string of the molecule is O=C(NCCC(=O)N1CC[C@@H]2CCCC[C@H]2C1)Nc1ccccc1. The van der Waals surface area contributed by atoms with Crippen LogP contribution >= 0.6 is 0 Å². The molecule has 5 nitrogen and oxygen atoms in total. The molecule has 0 spiro atoms. The molecule has 3 rings (SSSR count). The second-order valence-electron chi connectivity index (χ2n) is 6.93. The van der Waals surface area contributed by atoms with E-state index in [4.69, 9.17) is 0 Å². The summed E-state index contributed by atoms with van der Waals surface area (Å²) in [4.78, 5) is 26.2. The minimum atomic E-state index is -0.264. The summed E-state index contributed by atoms with van der Waals surface area (Å²) >= 11 is 0. The molecule has 1 heterocycles. The molecule has 1 aromatic rings. The highest BCUT2D eigenvalue weighted by Gasteiger charge is 2.32. The number of benzene rings is 1. The summed E-state index contributed by atoms with van der Waals surface area (Å²) in [6.07, 6.45) is 6.80. The molecule has 0 bridgehead atoms. The topological polar surface area (TPSA) is 61.4 Å². The van der Waals surface area contributed by atoms with Crippen molar-refractivity contribution in [3.05, 3.63) is 30.3 Å². The van der Waals surface area contributed by atoms with E-state index in [2.05, 4.69) is 10.6 Å². The van der Waals surface area contributed by atoms with Crippen molar-refractivity contribution in [2.24, 2.45) is 11.8 Å². The second kappa shape index (κ2) is 8.18. The molecule has 2 aliphatic rings. The first-order valence-electron chi connectivity index (χ1n) is 9.10. The molecule has 0 radical (unpaired) electrons. The van der Waals surface area contributed by atoms with E-state index in [1.54, 1.807) is 0 Å². The lowest BCUT2D eigenvalue weighted by molar-refractivity contribution is -0.134. The maximum atomic E-state index is 12.4. The minimum absolute atomic E-state index is 0.166. The summed E-state index contributed by atoms with van der Waals surface area (Å²) in [7, 11) is 0. The number of para-hydroxylation sites is 1. The molecule has 130 valence electrons. The van der Waals surface area contributed by atoms with Crippen LogP contribution in [0.1, 0.15) is 38.5 Å². The van der Waals surface area contributed by atoms with E-state index < -0.39 is 0 Å². The van der Waals surface area contributed by atoms with Crippen LogP contribution in [-0.2, 0) is 4.79 Å². The highest BCUT2D eigenvalue weighted by atomic mass is 16.2. The van der Waals surface area contributed by atoms with Crippen molar-refractivity contribution in [2.45, 2.75) is 38.5 Å². The van der Waals surface area contributed by atoms with Crippen molar-refractivity contribution < 1.29 is 9.59 Å². The number of fused-ring (bicyclic) bond motifs is 1. The van der Waals surface area contributed by atoms with Gasteiger partial charge in [0, 0.05) is 31.7 Å². The van der Waals surface area contributed by atoms with E-state index in [0.717, 1.165) is 31.1 Å². The van der Waals surface area contributed by atoms with Gasteiger partial charge < -0.3 is 15.5 Å². The lowest BCUT2D eigenvalue weighted by Gasteiger charge is -2.41. The van der Waals surface area contributed by atoms with E-state index in [1.165, 1.54) is 25.7 Å². The van der Waals surface area contributed by atoms with Gasteiger partial charge >= 0.3 is 6.03 Å². The highest BCUT2D eigenvalue weighted by molar-refractivity contribution is 5.89. The van der Waals surface area contributed by atoms with Gasteiger partial charge in [-0.15, -0.1) is 0 Å². The summed E-state index contributed by atoms with van der Waals surface area (Å²) in [5.74, 6) is 1.70. The largest absolute Gasteiger partial charge is 0.342 e. The number of hydrogen-bond acceptors (Lipinski definition) is 2. The average molecular weight is 329 g/mol. The lowest BCUT2D eigenvalue weighted by atomic mass is 9.75. The highest BCUT2D eigenvalue weighted by Crippen LogP contribution is 2.36. The maximum absolute atomic E-state index is 12.4. The van der Waals surface area contributed by atoms with Gasteiger partial charge in [0.05, 0.1) is 0 Å². The van der Waals surface area contributed by atoms with Crippen LogP contribution in [0.2, 0.25) is 0 Å². The number of likely N-dealkylation sites (tertiary alicyclic amines) is 1. The molecule has 1 aromatic carbocycles. The van der Waals surface area contributed by atoms with Crippen LogP contribution in [0, 0.1) is 11.8 Å². The first-order chi connectivity index (χ1) is 11.7. The summed E-state index contributed by atoms with van der Waals surface area (Å²) in [6, 6.07) is 9.04. The molecule has 2 N–H and O–H groups in total. The van der Waals surface area contributed by atoms with Gasteiger partial charge in [0.25, 0.3) is 0 Å². The van der Waals surface area contributed by atoms with E-state index >= 15 is 0 Å². The average Bonchev–Trinajstić information content (AvgIpc) is 2.62. The summed E-state index contributed by atoms with van der Waals surface area (Å²) in [5, 5.41) is 5.52. The van der Waals surface area contributed by atoms with Crippen LogP contribution in [-0.4, -0.2) is 36.5 Å². The van der Waals surface area contributed by atoms with E-state index in [-0.39, 0.29) is 11.9 Å². The zero-order valence-corrected chi connectivity index (χ0v) is 14.2. The van der Waals surface area contributed by atoms with Crippen LogP contribution in [0.25, 0.3) is 0 Å². The Morgan fingerprint density at radius 3 is 2.58 bits per heavy atom. The molecule has 1 aliphatic heterocycles. The van der Waals surface area contributed by atoms with Crippen LogP contribution < -0.4 is 10.6 Å². The first kappa shape index (κ1) is 16.8. The zero-order chi connectivity index (χ0) is 16.8. The molecule has 1 aliphatic carbocycles. The number of nitrogens with zero attached hydrogens (tertiary/aromatic N) is 1. The molecule has 0 aromatic heterocycles. The molecule has 1 saturated carbocycles. The summed E-state index contributed by atoms with van der Waals surface area (Å²) in [5.41, 5.74) is 0.751. The van der Waals surface area contributed by atoms with Crippen molar-refractivity contribution in [3.63, 3.8) is 0 Å². The predicted molar refractivity (Wildman–Crippen MR) is 94.7 cm³/mol. The number of carbonyl (C=O) groups is 2. The van der Waals surface area contributed by atoms with Gasteiger partial charge in [-0.1, -0.05) is 37.5 Å². The fourth-order valence-corrected chi connectivity index (χ4v) is 3.97. The number of anilines is 1. The van der Waals surface area contributed by atoms with Crippen molar-refractivity contribution in [2.75, 3.05) is 25.0 Å². The first-order valence-corrected chi connectivity index (χ1v) is 9.10. The minimum Gasteiger partial charge on any atom is -0.342 e. The van der Waals surface area contributed by atoms with Gasteiger partial charge in [-0.3, -0.25) is 4.79 Å². The Labute approximate surface area is 143 Å². The number of hydrogen-bond donors (Lipinski definition) is 2. The number of amides is 3. The van der Waals surface area contributed by atoms with Gasteiger partial charge in [-0.2, -0.15) is 0 Å². The molecule has 24 heavy (non-hydrogen) atoms. The van der Waals surface area contributed by atoms with Crippen molar-refractivity contribution in [3.8, 4) is 0 Å². The van der Waals surface area contributed by atoms with Gasteiger partial charge in [-0.25, -0.2) is 4.79 Å². The summed E-state index contributed by atoms with van der Waals surface area (Å²) < 4.78 is 0. The van der Waals surface area contributed by atoms with Gasteiger partial charge in [0.2, 0.25) is 5.91 Å². The Hall–Kier alpha value is -2.04. The second-order valence-corrected chi connectivity index (χ2v) is 6.93. The molecule has 5 heteroatoms. The number of carbonyl (C=O) groups excluding carboxylic acids is 2. The molecule has 1 saturated heterocycles. The number of rotatable bonds is 4. The quantitative estimate of drug-likeness (QED) is 0.891. The van der Waals surface area contributed by atoms with Gasteiger partial charge in [-0.05, 0) is 36.8 Å². The fourth-order valence-electron chi connectivity index (χ4n) is 3.97. The predicted octanol–water partition coefficient (Wildman–Crippen LogP) is 3.24. The molecular formula is C19H27N3O2. The maximum Gasteiger partial charge on any atom is 0.319 e.